The lowest BCUT2D eigenvalue weighted by Crippen LogP contribution is -2.29. The minimum absolute atomic E-state index is 0.00303. The average molecular weight is 883 g/mol. The van der Waals surface area contributed by atoms with E-state index in [0.717, 1.165) is 17.7 Å². The number of azide groups is 1. The molecule has 2 N–H and O–H groups in total. The molecule has 0 bridgehead atoms. The Bertz CT molecular complexity index is 2580. The van der Waals surface area contributed by atoms with Crippen LogP contribution in [-0.2, 0) is 51.7 Å². The summed E-state index contributed by atoms with van der Waals surface area (Å²) in [5, 5.41) is 17.1. The van der Waals surface area contributed by atoms with E-state index < -0.39 is 29.2 Å². The molecule has 0 saturated heterocycles. The zero-order valence-corrected chi connectivity index (χ0v) is 35.4. The number of hydrogen-bond acceptors (Lipinski definition) is 12. The van der Waals surface area contributed by atoms with Gasteiger partial charge in [0.05, 0.1) is 83.5 Å². The van der Waals surface area contributed by atoms with Crippen molar-refractivity contribution in [3.05, 3.63) is 146 Å². The second kappa shape index (κ2) is 23.4. The number of esters is 1. The van der Waals surface area contributed by atoms with Gasteiger partial charge in [-0.1, -0.05) is 58.9 Å². The third kappa shape index (κ3) is 12.8. The minimum Gasteiger partial charge on any atom is -0.462 e. The van der Waals surface area contributed by atoms with Crippen molar-refractivity contribution in [2.24, 2.45) is 5.11 Å². The van der Waals surface area contributed by atoms with Crippen molar-refractivity contribution in [1.29, 1.82) is 0 Å². The lowest BCUT2D eigenvalue weighted by molar-refractivity contribution is 0.0141. The van der Waals surface area contributed by atoms with E-state index >= 15 is 8.78 Å². The van der Waals surface area contributed by atoms with E-state index in [4.69, 9.17) is 29.5 Å². The second-order valence-corrected chi connectivity index (χ2v) is 14.2. The van der Waals surface area contributed by atoms with E-state index in [1.807, 2.05) is 42.3 Å². The summed E-state index contributed by atoms with van der Waals surface area (Å²) < 4.78 is 55.8. The number of anilines is 1. The Morgan fingerprint density at radius 3 is 2.30 bits per heavy atom. The highest BCUT2D eigenvalue weighted by Gasteiger charge is 2.25. The SMILES string of the molecule is CCOC(=O)c1cn(Cc2c(F)cccc2F)c2nc(-c3ccc(NC(=O)NCc4cn(CCOCCOCCOCCN=[N+]=[N-])nn4)cc3)c(CN(C)Cc3ccccc3)n2c1=O. The Labute approximate surface area is 366 Å². The Morgan fingerprint density at radius 2 is 1.59 bits per heavy atom. The molecule has 0 radical (unpaired) electrons. The maximum absolute atomic E-state index is 15.0. The summed E-state index contributed by atoms with van der Waals surface area (Å²) in [5.74, 6) is -2.45. The maximum atomic E-state index is 15.0. The predicted octanol–water partition coefficient (Wildman–Crippen LogP) is 5.57. The average Bonchev–Trinajstić information content (AvgIpc) is 3.91. The topological polar surface area (TPSA) is 217 Å². The second-order valence-electron chi connectivity index (χ2n) is 14.2. The van der Waals surface area contributed by atoms with Crippen molar-refractivity contribution in [2.45, 2.75) is 39.6 Å². The van der Waals surface area contributed by atoms with Crippen molar-refractivity contribution in [1.82, 2.24) is 39.2 Å². The van der Waals surface area contributed by atoms with Crippen molar-refractivity contribution >= 4 is 23.5 Å². The molecule has 21 heteroatoms. The normalized spacial score (nSPS) is 11.2. The van der Waals surface area contributed by atoms with Gasteiger partial charge in [0, 0.05) is 47.6 Å². The first-order valence-electron chi connectivity index (χ1n) is 20.4. The molecule has 64 heavy (non-hydrogen) atoms. The molecule has 0 unspecified atom stereocenters. The van der Waals surface area contributed by atoms with Gasteiger partial charge < -0.3 is 34.1 Å². The molecule has 0 atom stereocenters. The number of carbonyl (C=O) groups excluding carboxylic acids is 2. The molecule has 0 aliphatic rings. The van der Waals surface area contributed by atoms with Crippen LogP contribution in [0.5, 0.6) is 0 Å². The van der Waals surface area contributed by atoms with Crippen LogP contribution in [0.1, 0.15) is 39.8 Å². The minimum atomic E-state index is -0.891. The number of halogens is 2. The number of ether oxygens (including phenoxy) is 4. The van der Waals surface area contributed by atoms with Crippen LogP contribution in [0, 0.1) is 11.6 Å². The van der Waals surface area contributed by atoms with Crippen LogP contribution in [0.2, 0.25) is 0 Å². The van der Waals surface area contributed by atoms with Crippen LogP contribution in [0.15, 0.2) is 95.1 Å². The van der Waals surface area contributed by atoms with Crippen LogP contribution in [0.25, 0.3) is 27.5 Å². The van der Waals surface area contributed by atoms with Gasteiger partial charge in [-0.05, 0) is 49.3 Å². The molecule has 6 rings (SSSR count). The molecule has 0 saturated carbocycles. The monoisotopic (exact) mass is 882 g/mol. The zero-order chi connectivity index (χ0) is 45.3. The molecule has 336 valence electrons. The Kier molecular flexibility index (Phi) is 17.0. The maximum Gasteiger partial charge on any atom is 0.345 e. The third-order valence-corrected chi connectivity index (χ3v) is 9.57. The van der Waals surface area contributed by atoms with Crippen LogP contribution >= 0.6 is 0 Å². The summed E-state index contributed by atoms with van der Waals surface area (Å²) >= 11 is 0. The first-order chi connectivity index (χ1) is 31.1. The van der Waals surface area contributed by atoms with E-state index in [1.54, 1.807) is 42.1 Å². The molecule has 0 spiro atoms. The zero-order valence-electron chi connectivity index (χ0n) is 35.4. The van der Waals surface area contributed by atoms with E-state index in [-0.39, 0.29) is 49.7 Å². The fourth-order valence-corrected chi connectivity index (χ4v) is 6.58. The molecule has 3 aromatic heterocycles. The molecule has 3 heterocycles. The lowest BCUT2D eigenvalue weighted by atomic mass is 10.1. The number of urea groups is 1. The Hall–Kier alpha value is -7.03. The summed E-state index contributed by atoms with van der Waals surface area (Å²) in [7, 11) is 1.87. The van der Waals surface area contributed by atoms with Crippen molar-refractivity contribution in [3.63, 3.8) is 0 Å². The number of nitrogens with one attached hydrogen (secondary N) is 2. The number of benzene rings is 3. The summed E-state index contributed by atoms with van der Waals surface area (Å²) in [4.78, 5) is 49.8. The van der Waals surface area contributed by atoms with Gasteiger partial charge in [0.1, 0.15) is 22.9 Å². The van der Waals surface area contributed by atoms with Crippen LogP contribution in [0.3, 0.4) is 0 Å². The first kappa shape index (κ1) is 46.5. The van der Waals surface area contributed by atoms with Gasteiger partial charge in [-0.25, -0.2) is 32.4 Å². The number of rotatable bonds is 24. The van der Waals surface area contributed by atoms with Gasteiger partial charge in [-0.15, -0.1) is 5.10 Å². The van der Waals surface area contributed by atoms with E-state index in [9.17, 15) is 14.4 Å². The summed E-state index contributed by atoms with van der Waals surface area (Å²) in [6, 6.07) is 19.5. The first-order valence-corrected chi connectivity index (χ1v) is 20.4. The molecular formula is C43H48F2N12O7. The third-order valence-electron chi connectivity index (χ3n) is 9.57. The predicted molar refractivity (Wildman–Crippen MR) is 230 cm³/mol. The molecular weight excluding hydrogens is 835 g/mol. The molecule has 19 nitrogen and oxygen atoms in total. The van der Waals surface area contributed by atoms with Gasteiger partial charge in [0.2, 0.25) is 5.78 Å². The number of carbonyl (C=O) groups is 2. The molecule has 0 aliphatic carbocycles. The van der Waals surface area contributed by atoms with E-state index in [1.165, 1.54) is 21.2 Å². The summed E-state index contributed by atoms with van der Waals surface area (Å²) in [5.41, 5.74) is 10.3. The molecule has 3 aromatic carbocycles. The number of aromatic nitrogens is 6. The fraction of sp³-hybridized carbons (Fsp3) is 0.349. The Balaban J connectivity index is 1.14. The van der Waals surface area contributed by atoms with Gasteiger partial charge in [-0.2, -0.15) is 0 Å². The highest BCUT2D eigenvalue weighted by molar-refractivity contribution is 5.90. The summed E-state index contributed by atoms with van der Waals surface area (Å²) in [6.45, 7) is 4.99. The standard InChI is InChI=1S/C43H48F2N12O7/c1-3-64-41(59)35-28-55(27-34-36(44)10-7-11-37(34)45)43-50-39(38(57(43)40(35)58)29-54(2)25-30-8-5-4-6-9-30)31-12-14-32(15-13-31)49-42(60)47-24-33-26-56(53-51-33)17-19-62-21-23-63-22-20-61-18-16-48-52-46/h4-15,26,28H,3,16-25,27,29H2,1-2H3,(H2,47,49,60). The van der Waals surface area contributed by atoms with Crippen molar-refractivity contribution < 1.29 is 37.3 Å². The van der Waals surface area contributed by atoms with Crippen molar-refractivity contribution in [3.8, 4) is 11.3 Å². The molecule has 0 aliphatic heterocycles. The molecule has 6 aromatic rings. The van der Waals surface area contributed by atoms with E-state index in [2.05, 4.69) is 31.0 Å². The molecule has 2 amide bonds. The largest absolute Gasteiger partial charge is 0.462 e. The fourth-order valence-electron chi connectivity index (χ4n) is 6.58. The molecule has 0 fully saturated rings. The number of fused-ring (bicyclic) bond motifs is 1. The van der Waals surface area contributed by atoms with Crippen molar-refractivity contribution in [2.75, 3.05) is 65.2 Å². The van der Waals surface area contributed by atoms with Crippen LogP contribution in [0.4, 0.5) is 19.3 Å². The quantitative estimate of drug-likeness (QED) is 0.0252. The summed E-state index contributed by atoms with van der Waals surface area (Å²) in [6.07, 6.45) is 2.92. The van der Waals surface area contributed by atoms with Gasteiger partial charge >= 0.3 is 12.0 Å². The number of hydrogen-bond donors (Lipinski definition) is 2. The highest BCUT2D eigenvalue weighted by atomic mass is 19.1. The van der Waals surface area contributed by atoms with Gasteiger partial charge in [0.15, 0.2) is 0 Å². The smallest absolute Gasteiger partial charge is 0.345 e. The Morgan fingerprint density at radius 1 is 0.891 bits per heavy atom. The van der Waals surface area contributed by atoms with E-state index in [0.29, 0.717) is 81.1 Å². The number of nitrogens with zero attached hydrogens (tertiary/aromatic N) is 10. The lowest BCUT2D eigenvalue weighted by Gasteiger charge is -2.18. The van der Waals surface area contributed by atoms with Crippen LogP contribution in [-0.4, -0.2) is 106 Å². The van der Waals surface area contributed by atoms with Gasteiger partial charge in [0.25, 0.3) is 5.56 Å². The van der Waals surface area contributed by atoms with Gasteiger partial charge in [-0.3, -0.25) is 9.69 Å². The highest BCUT2D eigenvalue weighted by Crippen LogP contribution is 2.28. The van der Waals surface area contributed by atoms with Crippen LogP contribution < -0.4 is 16.2 Å². The number of amides is 2. The number of imidazole rings is 1.